The van der Waals surface area contributed by atoms with Crippen LogP contribution in [-0.4, -0.2) is 23.2 Å². The second-order valence-corrected chi connectivity index (χ2v) is 8.23. The minimum Gasteiger partial charge on any atom is -0.466 e. The van der Waals surface area contributed by atoms with Crippen LogP contribution in [0.4, 0.5) is 0 Å². The number of nitrogens with one attached hydrogen (secondary N) is 1. The molecule has 2 aromatic carbocycles. The van der Waals surface area contributed by atoms with Gasteiger partial charge in [-0.1, -0.05) is 70.8 Å². The van der Waals surface area contributed by atoms with Crippen LogP contribution >= 0.6 is 23.2 Å². The van der Waals surface area contributed by atoms with Crippen LogP contribution in [0.5, 0.6) is 0 Å². The van der Waals surface area contributed by atoms with Crippen LogP contribution in [0.15, 0.2) is 70.0 Å². The predicted octanol–water partition coefficient (Wildman–Crippen LogP) is 5.53. The number of hydrogen-bond donors (Lipinski definition) is 1. The molecule has 8 heteroatoms. The molecule has 0 radical (unpaired) electrons. The lowest BCUT2D eigenvalue weighted by molar-refractivity contribution is -0.136. The van der Waals surface area contributed by atoms with Gasteiger partial charge in [0.25, 0.3) is 5.89 Å². The molecule has 2 heterocycles. The number of benzene rings is 2. The largest absolute Gasteiger partial charge is 0.466 e. The Morgan fingerprint density at radius 2 is 1.84 bits per heavy atom. The molecule has 1 atom stereocenters. The highest BCUT2D eigenvalue weighted by Gasteiger charge is 2.38. The molecule has 0 saturated heterocycles. The summed E-state index contributed by atoms with van der Waals surface area (Å²) in [5.74, 6) is -0.241. The molecule has 3 aromatic rings. The maximum Gasteiger partial charge on any atom is 0.336 e. The minimum atomic E-state index is -0.597. The van der Waals surface area contributed by atoms with Crippen LogP contribution < -0.4 is 5.32 Å². The van der Waals surface area contributed by atoms with Crippen molar-refractivity contribution in [2.45, 2.75) is 26.2 Å². The fraction of sp³-hybridized carbons (Fsp3) is 0.208. The molecule has 4 rings (SSSR count). The molecule has 6 nitrogen and oxygen atoms in total. The van der Waals surface area contributed by atoms with E-state index in [1.807, 2.05) is 50.2 Å². The number of hydrogen-bond acceptors (Lipinski definition) is 6. The lowest BCUT2D eigenvalue weighted by Crippen LogP contribution is -2.28. The summed E-state index contributed by atoms with van der Waals surface area (Å²) in [6, 6.07) is 15.2. The van der Waals surface area contributed by atoms with Crippen molar-refractivity contribution < 1.29 is 14.1 Å². The molecule has 0 amide bonds. The van der Waals surface area contributed by atoms with Gasteiger partial charge in [-0.05, 0) is 31.0 Å². The summed E-state index contributed by atoms with van der Waals surface area (Å²) in [4.78, 5) is 17.4. The predicted molar refractivity (Wildman–Crippen MR) is 123 cm³/mol. The van der Waals surface area contributed by atoms with Crippen LogP contribution in [0.3, 0.4) is 0 Å². The zero-order valence-corrected chi connectivity index (χ0v) is 19.3. The molecular weight excluding hydrogens is 449 g/mol. The Morgan fingerprint density at radius 3 is 2.56 bits per heavy atom. The summed E-state index contributed by atoms with van der Waals surface area (Å²) in [5.41, 5.74) is 4.19. The van der Waals surface area contributed by atoms with Crippen molar-refractivity contribution in [1.29, 1.82) is 0 Å². The second-order valence-electron chi connectivity index (χ2n) is 7.45. The number of carbonyl (C=O) groups is 1. The number of carbonyl (C=O) groups excluding carboxylic acids is 1. The van der Waals surface area contributed by atoms with Gasteiger partial charge in [-0.25, -0.2) is 4.79 Å². The molecule has 164 valence electrons. The molecule has 0 saturated carbocycles. The van der Waals surface area contributed by atoms with E-state index in [1.165, 1.54) is 7.11 Å². The third kappa shape index (κ3) is 4.16. The number of methoxy groups -OCH3 is 1. The summed E-state index contributed by atoms with van der Waals surface area (Å²) in [5, 5.41) is 8.14. The van der Waals surface area contributed by atoms with Gasteiger partial charge < -0.3 is 14.6 Å². The minimum absolute atomic E-state index is 0.302. The van der Waals surface area contributed by atoms with Gasteiger partial charge in [-0.3, -0.25) is 0 Å². The fourth-order valence-electron chi connectivity index (χ4n) is 3.93. The third-order valence-corrected chi connectivity index (χ3v) is 6.20. The monoisotopic (exact) mass is 469 g/mol. The zero-order chi connectivity index (χ0) is 22.8. The van der Waals surface area contributed by atoms with Gasteiger partial charge in [0.1, 0.15) is 0 Å². The summed E-state index contributed by atoms with van der Waals surface area (Å²) < 4.78 is 10.7. The van der Waals surface area contributed by atoms with Gasteiger partial charge >= 0.3 is 5.97 Å². The van der Waals surface area contributed by atoms with Gasteiger partial charge in [-0.2, -0.15) is 4.98 Å². The van der Waals surface area contributed by atoms with Gasteiger partial charge in [0, 0.05) is 23.4 Å². The fourth-order valence-corrected chi connectivity index (χ4v) is 4.34. The van der Waals surface area contributed by atoms with Crippen molar-refractivity contribution in [1.82, 2.24) is 15.5 Å². The molecule has 1 aromatic heterocycles. The molecule has 32 heavy (non-hydrogen) atoms. The maximum atomic E-state index is 12.8. The summed E-state index contributed by atoms with van der Waals surface area (Å²) >= 11 is 12.9. The van der Waals surface area contributed by atoms with E-state index in [2.05, 4.69) is 15.5 Å². The number of nitrogens with zero attached hydrogens (tertiary/aromatic N) is 2. The van der Waals surface area contributed by atoms with E-state index in [1.54, 1.807) is 12.1 Å². The van der Waals surface area contributed by atoms with Gasteiger partial charge in [0.15, 0.2) is 5.82 Å². The number of halogens is 2. The Labute approximate surface area is 195 Å². The molecule has 1 N–H and O–H groups in total. The van der Waals surface area contributed by atoms with Crippen molar-refractivity contribution >= 4 is 34.7 Å². The molecule has 0 aliphatic carbocycles. The highest BCUT2D eigenvalue weighted by Crippen LogP contribution is 2.46. The van der Waals surface area contributed by atoms with E-state index in [-0.39, 0.29) is 0 Å². The van der Waals surface area contributed by atoms with Crippen molar-refractivity contribution in [3.63, 3.8) is 0 Å². The standard InChI is InChI=1S/C24H21Cl2N3O3/c1-13-19(23-28-18(29-32-23)12-15-8-5-4-6-9-15)21(16-10-7-11-17(25)22(16)26)20(14(2)27-13)24(30)31-3/h4-11,21,27H,12H2,1-3H3. The average Bonchev–Trinajstić information content (AvgIpc) is 3.23. The van der Waals surface area contributed by atoms with E-state index in [0.717, 1.165) is 11.3 Å². The van der Waals surface area contributed by atoms with E-state index < -0.39 is 11.9 Å². The lowest BCUT2D eigenvalue weighted by Gasteiger charge is -2.30. The number of allylic oxidation sites excluding steroid dienone is 3. The molecule has 0 spiro atoms. The molecule has 1 unspecified atom stereocenters. The third-order valence-electron chi connectivity index (χ3n) is 5.36. The summed E-state index contributed by atoms with van der Waals surface area (Å²) in [6.45, 7) is 3.70. The SMILES string of the molecule is COC(=O)C1=C(C)NC(C)=C(c2nc(Cc3ccccc3)no2)C1c1cccc(Cl)c1Cl. The topological polar surface area (TPSA) is 77.2 Å². The first kappa shape index (κ1) is 22.1. The molecule has 0 fully saturated rings. The van der Waals surface area contributed by atoms with Crippen molar-refractivity contribution in [2.24, 2.45) is 0 Å². The van der Waals surface area contributed by atoms with Crippen LogP contribution in [0.25, 0.3) is 5.57 Å². The Kier molecular flexibility index (Phi) is 6.35. The van der Waals surface area contributed by atoms with Crippen LogP contribution in [-0.2, 0) is 16.0 Å². The van der Waals surface area contributed by atoms with E-state index >= 15 is 0 Å². The van der Waals surface area contributed by atoms with Gasteiger partial charge in [0.2, 0.25) is 0 Å². The molecule has 1 aliphatic heterocycles. The Morgan fingerprint density at radius 1 is 1.09 bits per heavy atom. The lowest BCUT2D eigenvalue weighted by atomic mass is 9.80. The highest BCUT2D eigenvalue weighted by molar-refractivity contribution is 6.42. The van der Waals surface area contributed by atoms with Crippen LogP contribution in [0, 0.1) is 0 Å². The summed E-state index contributed by atoms with van der Waals surface area (Å²) in [6.07, 6.45) is 0.519. The number of ether oxygens (including phenoxy) is 1. The first-order valence-corrected chi connectivity index (χ1v) is 10.7. The maximum absolute atomic E-state index is 12.8. The van der Waals surface area contributed by atoms with Crippen molar-refractivity contribution in [2.75, 3.05) is 7.11 Å². The Balaban J connectivity index is 1.83. The quantitative estimate of drug-likeness (QED) is 0.494. The smallest absolute Gasteiger partial charge is 0.336 e. The first-order valence-electron chi connectivity index (χ1n) is 9.98. The first-order chi connectivity index (χ1) is 15.4. The van der Waals surface area contributed by atoms with Gasteiger partial charge in [0.05, 0.1) is 28.6 Å². The molecule has 1 aliphatic rings. The Hall–Kier alpha value is -3.09. The van der Waals surface area contributed by atoms with Gasteiger partial charge in [-0.15, -0.1) is 0 Å². The van der Waals surface area contributed by atoms with Crippen molar-refractivity contribution in [3.05, 3.63) is 98.4 Å². The van der Waals surface area contributed by atoms with E-state index in [9.17, 15) is 4.79 Å². The highest BCUT2D eigenvalue weighted by atomic mass is 35.5. The second kappa shape index (κ2) is 9.18. The van der Waals surface area contributed by atoms with Crippen molar-refractivity contribution in [3.8, 4) is 0 Å². The number of dihydropyridines is 1. The normalized spacial score (nSPS) is 16.2. The van der Waals surface area contributed by atoms with E-state index in [4.69, 9.17) is 32.5 Å². The molecular formula is C24H21Cl2N3O3. The van der Waals surface area contributed by atoms with Crippen LogP contribution in [0.2, 0.25) is 10.0 Å². The number of rotatable bonds is 5. The molecule has 0 bridgehead atoms. The average molecular weight is 470 g/mol. The number of esters is 1. The van der Waals surface area contributed by atoms with E-state index in [0.29, 0.717) is 50.6 Å². The zero-order valence-electron chi connectivity index (χ0n) is 17.8. The number of aromatic nitrogens is 2. The summed E-state index contributed by atoms with van der Waals surface area (Å²) in [7, 11) is 1.34. The Bertz CT molecular complexity index is 1230. The van der Waals surface area contributed by atoms with Crippen LogP contribution in [0.1, 0.15) is 42.6 Å².